The maximum Gasteiger partial charge on any atom is 0.339 e. The van der Waals surface area contributed by atoms with Gasteiger partial charge in [0.1, 0.15) is 0 Å². The monoisotopic (exact) mass is 395 g/mol. The Labute approximate surface area is 172 Å². The predicted molar refractivity (Wildman–Crippen MR) is 121 cm³/mol. The molecule has 5 rings (SSSR count). The average Bonchev–Trinajstić information content (AvgIpc) is 3.37. The minimum atomic E-state index is -0.833. The van der Waals surface area contributed by atoms with Gasteiger partial charge in [-0.05, 0) is 48.5 Å². The third-order valence-corrected chi connectivity index (χ3v) is 7.78. The van der Waals surface area contributed by atoms with Gasteiger partial charge in [-0.1, -0.05) is 42.3 Å². The number of esters is 1. The molecule has 1 aromatic heterocycles. The number of carbonyl (C=O) groups is 1. The fourth-order valence-electron chi connectivity index (χ4n) is 3.93. The predicted octanol–water partition coefficient (Wildman–Crippen LogP) is 6.61. The highest BCUT2D eigenvalue weighted by Gasteiger charge is 2.33. The molecule has 3 aromatic carbocycles. The van der Waals surface area contributed by atoms with Crippen molar-refractivity contribution in [3.63, 3.8) is 0 Å². The zero-order valence-electron chi connectivity index (χ0n) is 15.8. The highest BCUT2D eigenvalue weighted by Crippen LogP contribution is 2.48. The van der Waals surface area contributed by atoms with E-state index in [0.29, 0.717) is 18.4 Å². The minimum absolute atomic E-state index is 0.170. The molecule has 3 heteroatoms. The maximum atomic E-state index is 12.7. The van der Waals surface area contributed by atoms with Crippen molar-refractivity contribution in [1.82, 2.24) is 0 Å². The van der Waals surface area contributed by atoms with E-state index >= 15 is 0 Å². The lowest BCUT2D eigenvalue weighted by Crippen LogP contribution is -2.30. The molecule has 0 N–H and O–H groups in total. The summed E-state index contributed by atoms with van der Waals surface area (Å²) in [5, 5.41) is 2.58. The first kappa shape index (κ1) is 17.7. The number of carbonyl (C=O) groups excluding carboxylic acids is 1. The van der Waals surface area contributed by atoms with E-state index < -0.39 is 5.60 Å². The molecule has 0 saturated heterocycles. The third-order valence-electron chi connectivity index (χ3n) is 5.44. The summed E-state index contributed by atoms with van der Waals surface area (Å²) in [6.45, 7) is 0. The molecule has 0 fully saturated rings. The van der Waals surface area contributed by atoms with Crippen LogP contribution in [0.25, 0.3) is 25.1 Å². The Morgan fingerprint density at radius 3 is 1.97 bits per heavy atom. The Hall–Kier alpha value is -3.35. The van der Waals surface area contributed by atoms with Crippen LogP contribution in [0.5, 0.6) is 0 Å². The molecule has 1 heterocycles. The van der Waals surface area contributed by atoms with E-state index in [9.17, 15) is 4.79 Å². The van der Waals surface area contributed by atoms with Crippen LogP contribution >= 0.6 is 10.5 Å². The fourth-order valence-corrected chi connectivity index (χ4v) is 6.31. The van der Waals surface area contributed by atoms with Crippen molar-refractivity contribution in [3.8, 4) is 17.2 Å². The van der Waals surface area contributed by atoms with Crippen molar-refractivity contribution in [2.75, 3.05) is 0 Å². The van der Waals surface area contributed by atoms with Gasteiger partial charge in [0.2, 0.25) is 0 Å². The van der Waals surface area contributed by atoms with E-state index in [0.717, 1.165) is 0 Å². The van der Waals surface area contributed by atoms with Gasteiger partial charge in [0.15, 0.2) is 19.9 Å². The lowest BCUT2D eigenvalue weighted by atomic mass is 10.0. The lowest BCUT2D eigenvalue weighted by molar-refractivity contribution is 0.0124. The van der Waals surface area contributed by atoms with E-state index in [2.05, 4.69) is 54.5 Å². The number of hydrogen-bond acceptors (Lipinski definition) is 2. The number of fused-ring (bicyclic) bond motifs is 3. The average molecular weight is 396 g/mol. The Morgan fingerprint density at radius 1 is 0.862 bits per heavy atom. The summed E-state index contributed by atoms with van der Waals surface area (Å²) in [7, 11) is -0.170. The molecule has 140 valence electrons. The number of terminal acetylenes is 1. The van der Waals surface area contributed by atoms with Gasteiger partial charge in [-0.3, -0.25) is 0 Å². The number of rotatable bonds is 3. The van der Waals surface area contributed by atoms with Crippen LogP contribution in [-0.2, 0) is 4.74 Å². The first-order valence-corrected chi connectivity index (χ1v) is 10.8. The van der Waals surface area contributed by atoms with Gasteiger partial charge in [0.05, 0.1) is 5.56 Å². The van der Waals surface area contributed by atoms with Crippen LogP contribution in [-0.4, -0.2) is 11.6 Å². The zero-order valence-corrected chi connectivity index (χ0v) is 16.6. The Balaban J connectivity index is 1.53. The highest BCUT2D eigenvalue weighted by molar-refractivity contribution is 7.50. The Morgan fingerprint density at radius 2 is 1.41 bits per heavy atom. The number of benzene rings is 3. The number of hydrogen-bond donors (Lipinski definition) is 0. The summed E-state index contributed by atoms with van der Waals surface area (Å²) in [5.74, 6) is 2.29. The summed E-state index contributed by atoms with van der Waals surface area (Å²) < 4.78 is 8.33. The first-order valence-electron chi connectivity index (χ1n) is 9.60. The van der Waals surface area contributed by atoms with E-state index in [1.165, 1.54) is 25.1 Å². The van der Waals surface area contributed by atoms with Crippen LogP contribution in [0.2, 0.25) is 0 Å². The SMILES string of the molecule is C#CC1(OC(=O)c2ccc(-[s+]3c4ccccc4c4ccccc43)cc2)CC=CC1. The minimum Gasteiger partial charge on any atom is -0.442 e. The van der Waals surface area contributed by atoms with Crippen LogP contribution in [0.1, 0.15) is 23.2 Å². The molecule has 4 aromatic rings. The van der Waals surface area contributed by atoms with Crippen molar-refractivity contribution in [1.29, 1.82) is 0 Å². The molecule has 0 atom stereocenters. The third kappa shape index (κ3) is 2.93. The van der Waals surface area contributed by atoms with Crippen molar-refractivity contribution in [2.24, 2.45) is 0 Å². The topological polar surface area (TPSA) is 26.3 Å². The van der Waals surface area contributed by atoms with E-state index in [1.54, 1.807) is 0 Å². The maximum absolute atomic E-state index is 12.7. The quantitative estimate of drug-likeness (QED) is 0.169. The first-order chi connectivity index (χ1) is 14.2. The van der Waals surface area contributed by atoms with Crippen LogP contribution in [0, 0.1) is 12.3 Å². The van der Waals surface area contributed by atoms with Crippen molar-refractivity contribution < 1.29 is 9.53 Å². The second-order valence-corrected chi connectivity index (χ2v) is 9.19. The molecule has 0 amide bonds. The van der Waals surface area contributed by atoms with Gasteiger partial charge in [0.25, 0.3) is 0 Å². The standard InChI is InChI=1S/C26H19O2S/c1-2-26(17-7-8-18-26)28-25(27)19-13-15-20(16-14-19)29-23-11-5-3-9-21(23)22-10-4-6-12-24(22)29/h1,3-16H,17-18H2/q+1. The summed E-state index contributed by atoms with van der Waals surface area (Å²) in [6, 6.07) is 24.9. The van der Waals surface area contributed by atoms with Gasteiger partial charge in [0, 0.05) is 34.1 Å². The summed E-state index contributed by atoms with van der Waals surface area (Å²) in [6.07, 6.45) is 10.7. The van der Waals surface area contributed by atoms with Gasteiger partial charge >= 0.3 is 5.97 Å². The van der Waals surface area contributed by atoms with Crippen LogP contribution in [0.4, 0.5) is 0 Å². The van der Waals surface area contributed by atoms with Crippen molar-refractivity contribution >= 4 is 36.6 Å². The Kier molecular flexibility index (Phi) is 4.23. The molecule has 0 saturated carbocycles. The molecule has 0 bridgehead atoms. The Bertz CT molecular complexity index is 1240. The van der Waals surface area contributed by atoms with Gasteiger partial charge in [-0.2, -0.15) is 0 Å². The van der Waals surface area contributed by atoms with Crippen LogP contribution in [0.3, 0.4) is 0 Å². The molecule has 1 aliphatic rings. The van der Waals surface area contributed by atoms with Gasteiger partial charge in [-0.25, -0.2) is 4.79 Å². The molecule has 0 radical (unpaired) electrons. The summed E-state index contributed by atoms with van der Waals surface area (Å²) in [5.41, 5.74) is -0.305. The fraction of sp³-hybridized carbons (Fsp3) is 0.115. The summed E-state index contributed by atoms with van der Waals surface area (Å²) in [4.78, 5) is 13.8. The van der Waals surface area contributed by atoms with E-state index in [4.69, 9.17) is 11.2 Å². The van der Waals surface area contributed by atoms with E-state index in [1.807, 2.05) is 36.4 Å². The number of thiophene rings is 1. The largest absolute Gasteiger partial charge is 0.442 e. The molecule has 0 unspecified atom stereocenters. The molecule has 0 spiro atoms. The van der Waals surface area contributed by atoms with Gasteiger partial charge < -0.3 is 4.74 Å². The normalized spacial score (nSPS) is 14.9. The van der Waals surface area contributed by atoms with Crippen molar-refractivity contribution in [3.05, 3.63) is 90.5 Å². The lowest BCUT2D eigenvalue weighted by Gasteiger charge is -2.22. The number of ether oxygens (including phenoxy) is 1. The van der Waals surface area contributed by atoms with Crippen molar-refractivity contribution in [2.45, 2.75) is 18.4 Å². The van der Waals surface area contributed by atoms with E-state index in [-0.39, 0.29) is 16.4 Å². The highest BCUT2D eigenvalue weighted by atomic mass is 32.2. The molecule has 0 aliphatic heterocycles. The smallest absolute Gasteiger partial charge is 0.339 e. The van der Waals surface area contributed by atoms with Crippen LogP contribution < -0.4 is 0 Å². The second kappa shape index (κ2) is 6.92. The zero-order chi connectivity index (χ0) is 19.8. The molecular formula is C26H19O2S+. The second-order valence-electron chi connectivity index (χ2n) is 7.23. The molecular weight excluding hydrogens is 376 g/mol. The summed E-state index contributed by atoms with van der Waals surface area (Å²) >= 11 is 0. The molecule has 1 aliphatic carbocycles. The molecule has 29 heavy (non-hydrogen) atoms. The van der Waals surface area contributed by atoms with Gasteiger partial charge in [-0.15, -0.1) is 6.42 Å². The molecule has 2 nitrogen and oxygen atoms in total. The van der Waals surface area contributed by atoms with Crippen LogP contribution in [0.15, 0.2) is 84.9 Å².